The predicted octanol–water partition coefficient (Wildman–Crippen LogP) is 4.67. The van der Waals surface area contributed by atoms with Crippen LogP contribution in [0.5, 0.6) is 5.75 Å². The van der Waals surface area contributed by atoms with E-state index in [4.69, 9.17) is 16.3 Å². The maximum Gasteiger partial charge on any atom is 0.336 e. The molecular weight excluding hydrogens is 474 g/mol. The molecule has 0 saturated heterocycles. The third-order valence-electron chi connectivity index (χ3n) is 5.38. The summed E-state index contributed by atoms with van der Waals surface area (Å²) in [5.74, 6) is 0.0854. The molecule has 5 rings (SSSR count). The Morgan fingerprint density at radius 3 is 2.62 bits per heavy atom. The normalized spacial score (nSPS) is 11.1. The van der Waals surface area contributed by atoms with Gasteiger partial charge in [-0.1, -0.05) is 41.9 Å². The van der Waals surface area contributed by atoms with E-state index in [-0.39, 0.29) is 6.54 Å². The number of hydrogen-bond acceptors (Lipinski definition) is 5. The van der Waals surface area contributed by atoms with Crippen molar-refractivity contribution in [2.75, 3.05) is 12.4 Å². The van der Waals surface area contributed by atoms with Crippen molar-refractivity contribution in [3.8, 4) is 11.4 Å². The first-order chi connectivity index (χ1) is 16.5. The summed E-state index contributed by atoms with van der Waals surface area (Å²) in [7, 11) is 1.51. The number of amides is 1. The Bertz CT molecular complexity index is 1690. The molecule has 0 bridgehead atoms. The monoisotopic (exact) mass is 491 g/mol. The number of thiophene rings is 1. The minimum Gasteiger partial charge on any atom is -0.497 e. The number of aromatic nitrogens is 2. The van der Waals surface area contributed by atoms with E-state index in [1.165, 1.54) is 23.0 Å². The fraction of sp³-hybridized carbons (Fsp3) is 0.0800. The number of ether oxygens (including phenoxy) is 1. The molecule has 0 aliphatic rings. The molecule has 0 atom stereocenters. The van der Waals surface area contributed by atoms with Gasteiger partial charge in [0.15, 0.2) is 0 Å². The molecule has 170 valence electrons. The molecular formula is C25H18ClN3O4S. The van der Waals surface area contributed by atoms with E-state index in [2.05, 4.69) is 5.32 Å². The van der Waals surface area contributed by atoms with Gasteiger partial charge in [-0.05, 0) is 36.4 Å². The maximum absolute atomic E-state index is 13.7. The summed E-state index contributed by atoms with van der Waals surface area (Å²) in [5, 5.41) is 3.99. The van der Waals surface area contributed by atoms with Crippen LogP contribution >= 0.6 is 22.9 Å². The van der Waals surface area contributed by atoms with Gasteiger partial charge in [-0.2, -0.15) is 0 Å². The number of hydrogen-bond donors (Lipinski definition) is 1. The predicted molar refractivity (Wildman–Crippen MR) is 136 cm³/mol. The molecule has 0 fully saturated rings. The summed E-state index contributed by atoms with van der Waals surface area (Å²) in [6.45, 7) is -0.285. The molecule has 5 aromatic rings. The Morgan fingerprint density at radius 1 is 1.03 bits per heavy atom. The largest absolute Gasteiger partial charge is 0.497 e. The van der Waals surface area contributed by atoms with Crippen molar-refractivity contribution < 1.29 is 9.53 Å². The zero-order chi connectivity index (χ0) is 23.8. The molecule has 0 radical (unpaired) electrons. The standard InChI is InChI=1S/C25H18ClN3O4S/c1-33-18-9-5-8-17(13-18)29-24(31)23-22(19-10-2-3-11-20(19)34-23)28(25(29)32)14-21(30)27-16-7-4-6-15(26)12-16/h2-13H,14H2,1H3,(H,27,30). The van der Waals surface area contributed by atoms with Gasteiger partial charge in [0.05, 0.1) is 18.3 Å². The maximum atomic E-state index is 13.7. The lowest BCUT2D eigenvalue weighted by Crippen LogP contribution is -2.40. The van der Waals surface area contributed by atoms with Crippen molar-refractivity contribution in [2.45, 2.75) is 6.54 Å². The van der Waals surface area contributed by atoms with E-state index in [1.807, 2.05) is 24.3 Å². The van der Waals surface area contributed by atoms with Crippen LogP contribution in [0.3, 0.4) is 0 Å². The van der Waals surface area contributed by atoms with Crippen molar-refractivity contribution in [3.05, 3.63) is 98.7 Å². The topological polar surface area (TPSA) is 82.3 Å². The molecule has 2 heterocycles. The lowest BCUT2D eigenvalue weighted by Gasteiger charge is -2.13. The number of anilines is 1. The number of carbonyl (C=O) groups excluding carboxylic acids is 1. The van der Waals surface area contributed by atoms with Crippen molar-refractivity contribution in [3.63, 3.8) is 0 Å². The summed E-state index contributed by atoms with van der Waals surface area (Å²) in [4.78, 5) is 40.1. The first kappa shape index (κ1) is 21.9. The van der Waals surface area contributed by atoms with Crippen LogP contribution in [0.25, 0.3) is 26.0 Å². The lowest BCUT2D eigenvalue weighted by atomic mass is 10.2. The SMILES string of the molecule is COc1cccc(-n2c(=O)c3sc4ccccc4c3n(CC(=O)Nc3cccc(Cl)c3)c2=O)c1. The lowest BCUT2D eigenvalue weighted by molar-refractivity contribution is -0.116. The Balaban J connectivity index is 1.72. The third-order valence-corrected chi connectivity index (χ3v) is 6.76. The van der Waals surface area contributed by atoms with E-state index in [1.54, 1.807) is 48.5 Å². The fourth-order valence-electron chi connectivity index (χ4n) is 3.88. The van der Waals surface area contributed by atoms with Gasteiger partial charge in [-0.25, -0.2) is 9.36 Å². The van der Waals surface area contributed by atoms with Crippen molar-refractivity contribution in [1.29, 1.82) is 0 Å². The molecule has 0 spiro atoms. The number of carbonyl (C=O) groups is 1. The average Bonchev–Trinajstić information content (AvgIpc) is 3.22. The van der Waals surface area contributed by atoms with Crippen molar-refractivity contribution in [1.82, 2.24) is 9.13 Å². The van der Waals surface area contributed by atoms with Crippen LogP contribution in [0.15, 0.2) is 82.4 Å². The molecule has 0 aliphatic carbocycles. The van der Waals surface area contributed by atoms with Gasteiger partial charge in [0.25, 0.3) is 5.56 Å². The minimum atomic E-state index is -0.615. The van der Waals surface area contributed by atoms with Crippen molar-refractivity contribution in [2.24, 2.45) is 0 Å². The quantitative estimate of drug-likeness (QED) is 0.387. The molecule has 0 aliphatic heterocycles. The summed E-state index contributed by atoms with van der Waals surface area (Å²) in [5.41, 5.74) is 0.253. The van der Waals surface area contributed by atoms with Crippen LogP contribution in [0.1, 0.15) is 0 Å². The highest BCUT2D eigenvalue weighted by atomic mass is 35.5. The number of nitrogens with one attached hydrogen (secondary N) is 1. The Kier molecular flexibility index (Phi) is 5.69. The second-order valence-corrected chi connectivity index (χ2v) is 9.03. The molecule has 9 heteroatoms. The highest BCUT2D eigenvalue weighted by Gasteiger charge is 2.21. The van der Waals surface area contributed by atoms with Gasteiger partial charge in [0.2, 0.25) is 5.91 Å². The van der Waals surface area contributed by atoms with Crippen molar-refractivity contribution >= 4 is 54.8 Å². The molecule has 1 amide bonds. The number of fused-ring (bicyclic) bond motifs is 3. The second-order valence-electron chi connectivity index (χ2n) is 7.55. The Morgan fingerprint density at radius 2 is 1.82 bits per heavy atom. The van der Waals surface area contributed by atoms with E-state index < -0.39 is 17.2 Å². The van der Waals surface area contributed by atoms with Gasteiger partial charge in [-0.3, -0.25) is 14.2 Å². The molecule has 7 nitrogen and oxygen atoms in total. The molecule has 2 aromatic heterocycles. The van der Waals surface area contributed by atoms with E-state index in [0.717, 1.165) is 14.7 Å². The van der Waals surface area contributed by atoms with Gasteiger partial charge in [0.1, 0.15) is 17.0 Å². The molecule has 34 heavy (non-hydrogen) atoms. The number of rotatable bonds is 5. The number of methoxy groups -OCH3 is 1. The smallest absolute Gasteiger partial charge is 0.336 e. The van der Waals surface area contributed by atoms with Crippen LogP contribution in [-0.4, -0.2) is 22.2 Å². The highest BCUT2D eigenvalue weighted by molar-refractivity contribution is 7.25. The van der Waals surface area contributed by atoms with E-state index >= 15 is 0 Å². The van der Waals surface area contributed by atoms with E-state index in [9.17, 15) is 14.4 Å². The van der Waals surface area contributed by atoms with E-state index in [0.29, 0.717) is 32.4 Å². The van der Waals surface area contributed by atoms with Crippen LogP contribution < -0.4 is 21.3 Å². The highest BCUT2D eigenvalue weighted by Crippen LogP contribution is 2.31. The average molecular weight is 492 g/mol. The zero-order valence-electron chi connectivity index (χ0n) is 17.9. The summed E-state index contributed by atoms with van der Waals surface area (Å²) in [6, 6.07) is 20.9. The van der Waals surface area contributed by atoms with Gasteiger partial charge in [-0.15, -0.1) is 11.3 Å². The third kappa shape index (κ3) is 3.87. The summed E-state index contributed by atoms with van der Waals surface area (Å²) in [6.07, 6.45) is 0. The Labute approximate surface area is 202 Å². The minimum absolute atomic E-state index is 0.285. The van der Waals surface area contributed by atoms with Crippen LogP contribution in [-0.2, 0) is 11.3 Å². The van der Waals surface area contributed by atoms with Gasteiger partial charge >= 0.3 is 5.69 Å². The first-order valence-electron chi connectivity index (χ1n) is 10.3. The first-order valence-corrected chi connectivity index (χ1v) is 11.5. The molecule has 1 N–H and O–H groups in total. The van der Waals surface area contributed by atoms with Gasteiger partial charge < -0.3 is 10.1 Å². The van der Waals surface area contributed by atoms with Crippen LogP contribution in [0.2, 0.25) is 5.02 Å². The number of nitrogens with zero attached hydrogens (tertiary/aromatic N) is 2. The molecule has 0 saturated carbocycles. The fourth-order valence-corrected chi connectivity index (χ4v) is 5.21. The van der Waals surface area contributed by atoms with Crippen LogP contribution in [0, 0.1) is 0 Å². The number of benzene rings is 3. The van der Waals surface area contributed by atoms with Crippen LogP contribution in [0.4, 0.5) is 5.69 Å². The summed E-state index contributed by atoms with van der Waals surface area (Å²) >= 11 is 7.31. The molecule has 3 aromatic carbocycles. The summed E-state index contributed by atoms with van der Waals surface area (Å²) < 4.78 is 8.92. The van der Waals surface area contributed by atoms with Gasteiger partial charge in [0, 0.05) is 26.9 Å². The Hall–Kier alpha value is -3.88. The number of halogens is 1. The molecule has 0 unspecified atom stereocenters. The zero-order valence-corrected chi connectivity index (χ0v) is 19.5. The second kappa shape index (κ2) is 8.81.